The maximum atomic E-state index is 12.9. The topological polar surface area (TPSA) is 79.3 Å². The van der Waals surface area contributed by atoms with Crippen molar-refractivity contribution in [3.05, 3.63) is 53.3 Å². The van der Waals surface area contributed by atoms with E-state index in [0.717, 1.165) is 18.5 Å². The number of aromatic nitrogens is 2. The Kier molecular flexibility index (Phi) is 5.06. The Labute approximate surface area is 171 Å². The number of likely N-dealkylation sites (tertiary alicyclic amines) is 1. The highest BCUT2D eigenvalue weighted by molar-refractivity contribution is 5.76. The molecule has 1 aromatic carbocycles. The van der Waals surface area contributed by atoms with E-state index in [2.05, 4.69) is 46.9 Å². The Hall–Kier alpha value is -2.83. The first-order valence-corrected chi connectivity index (χ1v) is 10.2. The zero-order valence-electron chi connectivity index (χ0n) is 17.3. The summed E-state index contributed by atoms with van der Waals surface area (Å²) >= 11 is 0. The zero-order valence-corrected chi connectivity index (χ0v) is 17.3. The molecule has 0 bridgehead atoms. The van der Waals surface area contributed by atoms with Crippen LogP contribution in [0.3, 0.4) is 0 Å². The van der Waals surface area contributed by atoms with Crippen LogP contribution in [0.15, 0.2) is 36.5 Å². The fourth-order valence-corrected chi connectivity index (χ4v) is 4.83. The van der Waals surface area contributed by atoms with E-state index < -0.39 is 0 Å². The number of aryl methyl sites for hydroxylation is 1. The highest BCUT2D eigenvalue weighted by atomic mass is 16.2. The van der Waals surface area contributed by atoms with Crippen molar-refractivity contribution in [3.63, 3.8) is 0 Å². The molecule has 2 heterocycles. The molecule has 0 radical (unpaired) electrons. The molecule has 1 aliphatic carbocycles. The molecule has 4 rings (SSSR count). The van der Waals surface area contributed by atoms with Crippen LogP contribution in [0.4, 0.5) is 4.79 Å². The van der Waals surface area contributed by atoms with Gasteiger partial charge in [0.25, 0.3) is 0 Å². The van der Waals surface area contributed by atoms with Crippen LogP contribution < -0.4 is 10.6 Å². The Bertz CT molecular complexity index is 896. The van der Waals surface area contributed by atoms with E-state index in [-0.39, 0.29) is 29.3 Å². The summed E-state index contributed by atoms with van der Waals surface area (Å²) < 4.78 is 1.82. The summed E-state index contributed by atoms with van der Waals surface area (Å²) in [5.74, 6) is -0.0517. The van der Waals surface area contributed by atoms with Crippen LogP contribution >= 0.6 is 0 Å². The van der Waals surface area contributed by atoms with Gasteiger partial charge in [0.1, 0.15) is 0 Å². The SMILES string of the molecule is CC(=O)N[C@@H]1CN(C(=O)NCC2(C)Cc3ccccc3C2)C[C@H]1c1ccnn1C. The van der Waals surface area contributed by atoms with Crippen molar-refractivity contribution in [1.82, 2.24) is 25.3 Å². The highest BCUT2D eigenvalue weighted by Gasteiger charge is 2.39. The van der Waals surface area contributed by atoms with Crippen LogP contribution in [0.1, 0.15) is 36.6 Å². The molecule has 1 aromatic heterocycles. The van der Waals surface area contributed by atoms with E-state index in [1.807, 2.05) is 22.7 Å². The summed E-state index contributed by atoms with van der Waals surface area (Å²) in [4.78, 5) is 26.4. The minimum absolute atomic E-state index is 0.0310. The minimum atomic E-state index is -0.111. The van der Waals surface area contributed by atoms with Crippen molar-refractivity contribution in [3.8, 4) is 0 Å². The third-order valence-corrected chi connectivity index (χ3v) is 6.25. The number of benzene rings is 1. The Morgan fingerprint density at radius 2 is 1.86 bits per heavy atom. The molecule has 2 atom stereocenters. The second-order valence-electron chi connectivity index (χ2n) is 8.79. The van der Waals surface area contributed by atoms with Gasteiger partial charge < -0.3 is 15.5 Å². The summed E-state index contributed by atoms with van der Waals surface area (Å²) in [6, 6.07) is 10.3. The van der Waals surface area contributed by atoms with Gasteiger partial charge >= 0.3 is 6.03 Å². The maximum Gasteiger partial charge on any atom is 0.317 e. The van der Waals surface area contributed by atoms with Gasteiger partial charge in [0.15, 0.2) is 0 Å². The van der Waals surface area contributed by atoms with E-state index in [0.29, 0.717) is 19.6 Å². The van der Waals surface area contributed by atoms with Crippen molar-refractivity contribution in [1.29, 1.82) is 0 Å². The molecule has 3 amide bonds. The fourth-order valence-electron chi connectivity index (χ4n) is 4.83. The average Bonchev–Trinajstić information content (AvgIpc) is 3.35. The molecular weight excluding hydrogens is 366 g/mol. The van der Waals surface area contributed by atoms with E-state index in [1.54, 1.807) is 6.20 Å². The lowest BCUT2D eigenvalue weighted by molar-refractivity contribution is -0.119. The number of nitrogens with zero attached hydrogens (tertiary/aromatic N) is 3. The number of urea groups is 1. The molecule has 2 N–H and O–H groups in total. The second-order valence-corrected chi connectivity index (χ2v) is 8.79. The molecule has 2 aromatic rings. The lowest BCUT2D eigenvalue weighted by Crippen LogP contribution is -2.45. The standard InChI is InChI=1S/C22H29N5O2/c1-15(28)25-19-13-27(12-18(19)20-8-9-24-26(20)3)21(29)23-14-22(2)10-16-6-4-5-7-17(16)11-22/h4-9,18-19H,10-14H2,1-3H3,(H,23,29)(H,25,28)/t18-,19-/m1/s1. The Morgan fingerprint density at radius 1 is 1.17 bits per heavy atom. The number of hydrogen-bond acceptors (Lipinski definition) is 3. The smallest absolute Gasteiger partial charge is 0.317 e. The number of hydrogen-bond donors (Lipinski definition) is 2. The van der Waals surface area contributed by atoms with E-state index in [4.69, 9.17) is 0 Å². The van der Waals surface area contributed by atoms with Crippen LogP contribution in [-0.2, 0) is 24.7 Å². The third-order valence-electron chi connectivity index (χ3n) is 6.25. The summed E-state index contributed by atoms with van der Waals surface area (Å²) in [5, 5.41) is 10.4. The molecule has 154 valence electrons. The van der Waals surface area contributed by atoms with Gasteiger partial charge in [-0.1, -0.05) is 31.2 Å². The summed E-state index contributed by atoms with van der Waals surface area (Å²) in [7, 11) is 1.89. The van der Waals surface area contributed by atoms with Crippen molar-refractivity contribution in [2.45, 2.75) is 38.6 Å². The van der Waals surface area contributed by atoms with Crippen LogP contribution in [0, 0.1) is 5.41 Å². The van der Waals surface area contributed by atoms with Gasteiger partial charge in [-0.05, 0) is 35.4 Å². The summed E-state index contributed by atoms with van der Waals surface area (Å²) in [6.45, 7) is 5.45. The molecule has 29 heavy (non-hydrogen) atoms. The van der Waals surface area contributed by atoms with Crippen LogP contribution in [0.25, 0.3) is 0 Å². The van der Waals surface area contributed by atoms with Crippen LogP contribution in [-0.4, -0.2) is 52.3 Å². The zero-order chi connectivity index (χ0) is 20.6. The fraction of sp³-hybridized carbons (Fsp3) is 0.500. The molecule has 2 aliphatic rings. The first-order valence-electron chi connectivity index (χ1n) is 10.2. The van der Waals surface area contributed by atoms with Gasteiger partial charge in [-0.15, -0.1) is 0 Å². The molecule has 0 spiro atoms. The lowest BCUT2D eigenvalue weighted by Gasteiger charge is -2.26. The largest absolute Gasteiger partial charge is 0.351 e. The van der Waals surface area contributed by atoms with E-state index in [1.165, 1.54) is 18.1 Å². The van der Waals surface area contributed by atoms with E-state index >= 15 is 0 Å². The second kappa shape index (κ2) is 7.54. The first kappa shape index (κ1) is 19.5. The predicted molar refractivity (Wildman–Crippen MR) is 110 cm³/mol. The van der Waals surface area contributed by atoms with Crippen molar-refractivity contribution >= 4 is 11.9 Å². The van der Waals surface area contributed by atoms with Crippen molar-refractivity contribution in [2.24, 2.45) is 12.5 Å². The maximum absolute atomic E-state index is 12.9. The number of carbonyl (C=O) groups is 2. The molecule has 1 aliphatic heterocycles. The number of fused-ring (bicyclic) bond motifs is 1. The lowest BCUT2D eigenvalue weighted by atomic mass is 9.87. The monoisotopic (exact) mass is 395 g/mol. The van der Waals surface area contributed by atoms with Gasteiger partial charge in [-0.2, -0.15) is 5.10 Å². The minimum Gasteiger partial charge on any atom is -0.351 e. The molecule has 7 nitrogen and oxygen atoms in total. The first-order chi connectivity index (χ1) is 13.8. The van der Waals surface area contributed by atoms with Gasteiger partial charge in [-0.3, -0.25) is 9.48 Å². The molecule has 7 heteroatoms. The molecule has 0 saturated carbocycles. The molecule has 1 fully saturated rings. The molecule has 1 saturated heterocycles. The van der Waals surface area contributed by atoms with Crippen LogP contribution in [0.5, 0.6) is 0 Å². The number of rotatable bonds is 4. The van der Waals surface area contributed by atoms with E-state index in [9.17, 15) is 9.59 Å². The number of nitrogens with one attached hydrogen (secondary N) is 2. The molecular formula is C22H29N5O2. The van der Waals surface area contributed by atoms with Gasteiger partial charge in [0, 0.05) is 51.4 Å². The van der Waals surface area contributed by atoms with Gasteiger partial charge in [0.2, 0.25) is 5.91 Å². The quantitative estimate of drug-likeness (QED) is 0.829. The summed E-state index contributed by atoms with van der Waals surface area (Å²) in [6.07, 6.45) is 3.72. The molecule has 0 unspecified atom stereocenters. The Morgan fingerprint density at radius 3 is 2.45 bits per heavy atom. The van der Waals surface area contributed by atoms with Crippen LogP contribution in [0.2, 0.25) is 0 Å². The van der Waals surface area contributed by atoms with Gasteiger partial charge in [0.05, 0.1) is 6.04 Å². The predicted octanol–water partition coefficient (Wildman–Crippen LogP) is 1.84. The van der Waals surface area contributed by atoms with Gasteiger partial charge in [-0.25, -0.2) is 4.79 Å². The number of carbonyl (C=O) groups excluding carboxylic acids is 2. The highest BCUT2D eigenvalue weighted by Crippen LogP contribution is 2.36. The normalized spacial score (nSPS) is 22.4. The summed E-state index contributed by atoms with van der Waals surface area (Å²) in [5.41, 5.74) is 3.83. The average molecular weight is 396 g/mol. The Balaban J connectivity index is 1.40. The third kappa shape index (κ3) is 3.99. The van der Waals surface area contributed by atoms with Crippen molar-refractivity contribution < 1.29 is 9.59 Å². The number of amides is 3. The van der Waals surface area contributed by atoms with Crippen molar-refractivity contribution in [2.75, 3.05) is 19.6 Å².